The highest BCUT2D eigenvalue weighted by molar-refractivity contribution is 7.89. The van der Waals surface area contributed by atoms with E-state index >= 15 is 0 Å². The van der Waals surface area contributed by atoms with Gasteiger partial charge in [0.15, 0.2) is 0 Å². The van der Waals surface area contributed by atoms with Crippen LogP contribution in [0, 0.1) is 12.7 Å². The van der Waals surface area contributed by atoms with E-state index in [4.69, 9.17) is 5.14 Å². The fourth-order valence-electron chi connectivity index (χ4n) is 1.49. The number of amides is 1. The van der Waals surface area contributed by atoms with Crippen molar-refractivity contribution in [1.29, 1.82) is 0 Å². The van der Waals surface area contributed by atoms with Gasteiger partial charge >= 0.3 is 0 Å². The van der Waals surface area contributed by atoms with Gasteiger partial charge in [0.25, 0.3) is 5.91 Å². The van der Waals surface area contributed by atoms with E-state index in [1.54, 1.807) is 0 Å². The minimum absolute atomic E-state index is 0.000688. The third-order valence-corrected chi connectivity index (χ3v) is 4.15. The molecular formula is C11H15FN2O4S2. The molecule has 0 aliphatic heterocycles. The Morgan fingerprint density at radius 3 is 2.55 bits per heavy atom. The summed E-state index contributed by atoms with van der Waals surface area (Å²) in [5.41, 5.74) is -0.0180. The van der Waals surface area contributed by atoms with Crippen molar-refractivity contribution in [3.05, 3.63) is 29.1 Å². The molecule has 0 aromatic heterocycles. The summed E-state index contributed by atoms with van der Waals surface area (Å²) in [5, 5.41) is 7.36. The summed E-state index contributed by atoms with van der Waals surface area (Å²) in [7, 11) is -5.31. The van der Waals surface area contributed by atoms with Crippen LogP contribution in [0.4, 0.5) is 4.39 Å². The van der Waals surface area contributed by atoms with Crippen LogP contribution in [-0.4, -0.2) is 37.1 Å². The molecule has 0 aliphatic carbocycles. The number of nitrogens with one attached hydrogen (secondary N) is 1. The number of hydrogen-bond donors (Lipinski definition) is 2. The quantitative estimate of drug-likeness (QED) is 0.789. The van der Waals surface area contributed by atoms with E-state index in [0.29, 0.717) is 0 Å². The molecule has 9 heteroatoms. The smallest absolute Gasteiger partial charge is 0.251 e. The number of carbonyl (C=O) groups excluding carboxylic acids is 1. The van der Waals surface area contributed by atoms with Gasteiger partial charge in [-0.2, -0.15) is 0 Å². The summed E-state index contributed by atoms with van der Waals surface area (Å²) in [6.45, 7) is 1.50. The van der Waals surface area contributed by atoms with Crippen LogP contribution in [0.2, 0.25) is 0 Å². The third kappa shape index (κ3) is 4.36. The van der Waals surface area contributed by atoms with E-state index in [2.05, 4.69) is 5.32 Å². The first-order valence-electron chi connectivity index (χ1n) is 5.54. The fraction of sp³-hybridized carbons (Fsp3) is 0.364. The van der Waals surface area contributed by atoms with Crippen LogP contribution >= 0.6 is 0 Å². The van der Waals surface area contributed by atoms with E-state index in [0.717, 1.165) is 6.07 Å². The highest BCUT2D eigenvalue weighted by atomic mass is 32.2. The van der Waals surface area contributed by atoms with Gasteiger partial charge in [-0.05, 0) is 24.6 Å². The molecule has 0 heterocycles. The van der Waals surface area contributed by atoms with Crippen LogP contribution in [0.3, 0.4) is 0 Å². The number of halogens is 1. The topological polar surface area (TPSA) is 106 Å². The molecule has 1 aromatic rings. The maximum Gasteiger partial charge on any atom is 0.251 e. The highest BCUT2D eigenvalue weighted by Crippen LogP contribution is 2.19. The van der Waals surface area contributed by atoms with Crippen molar-refractivity contribution in [3.8, 4) is 0 Å². The van der Waals surface area contributed by atoms with Crippen LogP contribution in [-0.2, 0) is 20.8 Å². The van der Waals surface area contributed by atoms with E-state index in [1.807, 2.05) is 0 Å². The van der Waals surface area contributed by atoms with Crippen molar-refractivity contribution < 1.29 is 21.8 Å². The molecule has 1 unspecified atom stereocenters. The summed E-state index contributed by atoms with van der Waals surface area (Å²) >= 11 is 0. The average molecular weight is 322 g/mol. The molecule has 1 rings (SSSR count). The molecule has 0 aliphatic rings. The Kier molecular flexibility index (Phi) is 5.37. The standard InChI is InChI=1S/C11H15FN2O4S2/c1-7-5-8(11(15)14-3-4-19(2)16)6-9(10(7)12)20(13,17)18/h5-6H,3-4H2,1-2H3,(H,14,15)(H2,13,17,18). The molecular weight excluding hydrogens is 307 g/mol. The number of primary sulfonamides is 1. The zero-order valence-corrected chi connectivity index (χ0v) is 12.6. The summed E-state index contributed by atoms with van der Waals surface area (Å²) in [4.78, 5) is 11.1. The normalized spacial score (nSPS) is 13.0. The maximum absolute atomic E-state index is 13.7. The van der Waals surface area contributed by atoms with Crippen LogP contribution < -0.4 is 10.5 Å². The molecule has 6 nitrogen and oxygen atoms in total. The first-order chi connectivity index (χ1) is 9.12. The van der Waals surface area contributed by atoms with Crippen LogP contribution in [0.5, 0.6) is 0 Å². The zero-order chi connectivity index (χ0) is 15.5. The van der Waals surface area contributed by atoms with Crippen molar-refractivity contribution in [2.45, 2.75) is 11.8 Å². The molecule has 0 fully saturated rings. The third-order valence-electron chi connectivity index (χ3n) is 2.46. The molecule has 1 aromatic carbocycles. The van der Waals surface area contributed by atoms with Gasteiger partial charge in [-0.15, -0.1) is 0 Å². The molecule has 0 bridgehead atoms. The lowest BCUT2D eigenvalue weighted by molar-refractivity contribution is 0.0955. The van der Waals surface area contributed by atoms with Crippen molar-refractivity contribution >= 4 is 26.7 Å². The van der Waals surface area contributed by atoms with Gasteiger partial charge in [0.05, 0.1) is 0 Å². The van der Waals surface area contributed by atoms with Crippen LogP contribution in [0.25, 0.3) is 0 Å². The second kappa shape index (κ2) is 6.42. The first-order valence-corrected chi connectivity index (χ1v) is 8.81. The molecule has 1 amide bonds. The average Bonchev–Trinajstić information content (AvgIpc) is 2.30. The van der Waals surface area contributed by atoms with E-state index in [-0.39, 0.29) is 23.4 Å². The highest BCUT2D eigenvalue weighted by Gasteiger charge is 2.19. The fourth-order valence-corrected chi connectivity index (χ4v) is 2.58. The predicted molar refractivity (Wildman–Crippen MR) is 73.8 cm³/mol. The number of hydrogen-bond acceptors (Lipinski definition) is 4. The molecule has 20 heavy (non-hydrogen) atoms. The van der Waals surface area contributed by atoms with Crippen LogP contribution in [0.1, 0.15) is 15.9 Å². The Hall–Kier alpha value is -1.32. The number of benzene rings is 1. The Morgan fingerprint density at radius 1 is 1.45 bits per heavy atom. The molecule has 0 saturated heterocycles. The summed E-state index contributed by atoms with van der Waals surface area (Å²) < 4.78 is 47.0. The maximum atomic E-state index is 13.7. The zero-order valence-electron chi connectivity index (χ0n) is 11.0. The minimum Gasteiger partial charge on any atom is -0.351 e. The number of sulfonamides is 1. The summed E-state index contributed by atoms with van der Waals surface area (Å²) in [6.07, 6.45) is 1.49. The van der Waals surface area contributed by atoms with Gasteiger partial charge in [0.1, 0.15) is 10.7 Å². The molecule has 3 N–H and O–H groups in total. The van der Waals surface area contributed by atoms with Gasteiger partial charge in [0.2, 0.25) is 10.0 Å². The van der Waals surface area contributed by atoms with E-state index in [9.17, 15) is 21.8 Å². The van der Waals surface area contributed by atoms with Gasteiger partial charge in [-0.1, -0.05) is 0 Å². The summed E-state index contributed by atoms with van der Waals surface area (Å²) in [5.74, 6) is -1.28. The largest absolute Gasteiger partial charge is 0.351 e. The SMILES string of the molecule is Cc1cc(C(=O)NCCS(C)=O)cc(S(N)(=O)=O)c1F. The molecule has 1 atom stereocenters. The number of rotatable bonds is 5. The van der Waals surface area contributed by atoms with Crippen molar-refractivity contribution in [3.63, 3.8) is 0 Å². The summed E-state index contributed by atoms with van der Waals surface area (Å²) in [6, 6.07) is 2.11. The Bertz CT molecular complexity index is 659. The number of nitrogens with two attached hydrogens (primary N) is 1. The molecule has 0 radical (unpaired) electrons. The lowest BCUT2D eigenvalue weighted by Crippen LogP contribution is -2.28. The van der Waals surface area contributed by atoms with Crippen molar-refractivity contribution in [2.75, 3.05) is 18.6 Å². The predicted octanol–water partition coefficient (Wildman–Crippen LogP) is -0.110. The molecule has 0 spiro atoms. The number of aryl methyl sites for hydroxylation is 1. The van der Waals surface area contributed by atoms with Crippen molar-refractivity contribution in [2.24, 2.45) is 5.14 Å². The van der Waals surface area contributed by atoms with Crippen molar-refractivity contribution in [1.82, 2.24) is 5.32 Å². The van der Waals surface area contributed by atoms with Gasteiger partial charge in [-0.3, -0.25) is 9.00 Å². The second-order valence-corrected chi connectivity index (χ2v) is 7.27. The Balaban J connectivity index is 3.05. The first kappa shape index (κ1) is 16.7. The minimum atomic E-state index is -4.25. The van der Waals surface area contributed by atoms with Crippen LogP contribution in [0.15, 0.2) is 17.0 Å². The lowest BCUT2D eigenvalue weighted by atomic mass is 10.1. The van der Waals surface area contributed by atoms with E-state index in [1.165, 1.54) is 19.2 Å². The van der Waals surface area contributed by atoms with Gasteiger partial charge in [-0.25, -0.2) is 17.9 Å². The second-order valence-electron chi connectivity index (χ2n) is 4.18. The van der Waals surface area contributed by atoms with Gasteiger partial charge < -0.3 is 5.32 Å². The molecule has 0 saturated carbocycles. The van der Waals surface area contributed by atoms with E-state index < -0.39 is 37.4 Å². The number of carbonyl (C=O) groups is 1. The monoisotopic (exact) mass is 322 g/mol. The Morgan fingerprint density at radius 2 is 2.05 bits per heavy atom. The Labute approximate surface area is 119 Å². The molecule has 112 valence electrons. The lowest BCUT2D eigenvalue weighted by Gasteiger charge is -2.08. The van der Waals surface area contributed by atoms with Gasteiger partial charge in [0, 0.05) is 34.9 Å².